The van der Waals surface area contributed by atoms with Gasteiger partial charge < -0.3 is 10.5 Å². The minimum Gasteiger partial charge on any atom is -0.465 e. The van der Waals surface area contributed by atoms with Crippen molar-refractivity contribution in [1.29, 1.82) is 0 Å². The number of carbonyl (C=O) groups excluding carboxylic acids is 1. The lowest BCUT2D eigenvalue weighted by Gasteiger charge is -2.16. The van der Waals surface area contributed by atoms with Crippen LogP contribution in [0.2, 0.25) is 0 Å². The van der Waals surface area contributed by atoms with Gasteiger partial charge in [-0.3, -0.25) is 4.79 Å². The van der Waals surface area contributed by atoms with Gasteiger partial charge in [0.15, 0.2) is 6.10 Å². The van der Waals surface area contributed by atoms with Gasteiger partial charge in [0, 0.05) is 18.5 Å². The van der Waals surface area contributed by atoms with E-state index in [0.717, 1.165) is 6.92 Å². The fourth-order valence-electron chi connectivity index (χ4n) is 1.10. The van der Waals surface area contributed by atoms with Crippen molar-refractivity contribution < 1.29 is 22.7 Å². The van der Waals surface area contributed by atoms with Crippen molar-refractivity contribution in [3.8, 4) is 5.88 Å². The Kier molecular flexibility index (Phi) is 6.24. The van der Waals surface area contributed by atoms with Crippen molar-refractivity contribution in [2.75, 3.05) is 0 Å². The Labute approximate surface area is 124 Å². The number of nitrogens with zero attached hydrogens (tertiary/aromatic N) is 3. The van der Waals surface area contributed by atoms with Crippen LogP contribution >= 0.6 is 0 Å². The lowest BCUT2D eigenvalue weighted by atomic mass is 10.4. The van der Waals surface area contributed by atoms with E-state index >= 15 is 0 Å². The Morgan fingerprint density at radius 3 is 2.36 bits per heavy atom. The molecule has 0 aliphatic rings. The number of rotatable bonds is 3. The number of nitrogens with two attached hydrogens (primary N) is 1. The molecule has 0 saturated heterocycles. The monoisotopic (exact) mass is 314 g/mol. The Morgan fingerprint density at radius 1 is 1.23 bits per heavy atom. The van der Waals surface area contributed by atoms with Crippen LogP contribution in [0.3, 0.4) is 0 Å². The zero-order valence-electron chi connectivity index (χ0n) is 11.5. The number of halogens is 3. The maximum absolute atomic E-state index is 12.0. The summed E-state index contributed by atoms with van der Waals surface area (Å²) in [5, 5.41) is 0. The molecule has 6 nitrogen and oxygen atoms in total. The quantitative estimate of drug-likeness (QED) is 0.935. The summed E-state index contributed by atoms with van der Waals surface area (Å²) in [6.07, 6.45) is -2.06. The highest BCUT2D eigenvalue weighted by Gasteiger charge is 2.38. The molecule has 0 spiro atoms. The molecule has 2 aromatic rings. The highest BCUT2D eigenvalue weighted by atomic mass is 19.4. The predicted molar refractivity (Wildman–Crippen MR) is 70.9 cm³/mol. The summed E-state index contributed by atoms with van der Waals surface area (Å²) >= 11 is 0. The maximum Gasteiger partial charge on any atom is 0.425 e. The normalized spacial score (nSPS) is 11.8. The first-order chi connectivity index (χ1) is 10.3. The van der Waals surface area contributed by atoms with Crippen LogP contribution in [0.5, 0.6) is 5.88 Å². The maximum atomic E-state index is 12.0. The number of hydrogen-bond acceptors (Lipinski definition) is 5. The molecule has 9 heteroatoms. The van der Waals surface area contributed by atoms with Crippen LogP contribution < -0.4 is 10.5 Å². The molecule has 22 heavy (non-hydrogen) atoms. The molecule has 0 fully saturated rings. The average Bonchev–Trinajstić information content (AvgIpc) is 2.49. The molecule has 0 aliphatic heterocycles. The Morgan fingerprint density at radius 2 is 1.95 bits per heavy atom. The van der Waals surface area contributed by atoms with Gasteiger partial charge in [0.2, 0.25) is 5.88 Å². The molecule has 118 valence electrons. The third-order valence-electron chi connectivity index (χ3n) is 2.23. The zero-order valence-corrected chi connectivity index (χ0v) is 11.5. The first kappa shape index (κ1) is 17.3. The fraction of sp³-hybridized carbons (Fsp3) is 0.231. The van der Waals surface area contributed by atoms with Crippen molar-refractivity contribution in [3.05, 3.63) is 48.7 Å². The van der Waals surface area contributed by atoms with Crippen molar-refractivity contribution in [2.24, 2.45) is 5.73 Å². The fourth-order valence-corrected chi connectivity index (χ4v) is 1.10. The van der Waals surface area contributed by atoms with Crippen LogP contribution in [0.25, 0.3) is 0 Å². The van der Waals surface area contributed by atoms with Crippen LogP contribution in [0.1, 0.15) is 17.4 Å². The van der Waals surface area contributed by atoms with Gasteiger partial charge >= 0.3 is 6.18 Å². The molecule has 0 bridgehead atoms. The average molecular weight is 314 g/mol. The molecule has 0 radical (unpaired) electrons. The third kappa shape index (κ3) is 6.16. The van der Waals surface area contributed by atoms with Crippen molar-refractivity contribution in [1.82, 2.24) is 15.0 Å². The summed E-state index contributed by atoms with van der Waals surface area (Å²) in [5.74, 6) is -0.551. The molecular formula is C13H13F3N4O2. The first-order valence-electron chi connectivity index (χ1n) is 6.01. The van der Waals surface area contributed by atoms with Crippen LogP contribution in [0, 0.1) is 0 Å². The van der Waals surface area contributed by atoms with Gasteiger partial charge in [-0.2, -0.15) is 13.2 Å². The lowest BCUT2D eigenvalue weighted by Crippen LogP contribution is -2.31. The predicted octanol–water partition coefficient (Wildman–Crippen LogP) is 1.99. The van der Waals surface area contributed by atoms with E-state index in [1.807, 2.05) is 0 Å². The second-order valence-electron chi connectivity index (χ2n) is 3.93. The van der Waals surface area contributed by atoms with Crippen LogP contribution in [-0.2, 0) is 0 Å². The third-order valence-corrected chi connectivity index (χ3v) is 2.23. The van der Waals surface area contributed by atoms with Gasteiger partial charge in [0.05, 0.1) is 0 Å². The van der Waals surface area contributed by atoms with Crippen molar-refractivity contribution in [2.45, 2.75) is 19.2 Å². The second-order valence-corrected chi connectivity index (χ2v) is 3.93. The highest BCUT2D eigenvalue weighted by Crippen LogP contribution is 2.23. The molecule has 0 saturated carbocycles. The van der Waals surface area contributed by atoms with Gasteiger partial charge in [-0.15, -0.1) is 0 Å². The molecule has 1 unspecified atom stereocenters. The molecule has 0 aliphatic carbocycles. The van der Waals surface area contributed by atoms with Crippen molar-refractivity contribution in [3.63, 3.8) is 0 Å². The number of aromatic nitrogens is 3. The number of alkyl halides is 3. The minimum atomic E-state index is -4.35. The van der Waals surface area contributed by atoms with E-state index < -0.39 is 18.2 Å². The number of hydrogen-bond donors (Lipinski definition) is 1. The molecule has 2 rings (SSSR count). The van der Waals surface area contributed by atoms with Crippen LogP contribution in [0.4, 0.5) is 13.2 Å². The van der Waals surface area contributed by atoms with E-state index in [4.69, 9.17) is 5.73 Å². The summed E-state index contributed by atoms with van der Waals surface area (Å²) in [4.78, 5) is 21.1. The molecule has 2 aromatic heterocycles. The summed E-state index contributed by atoms with van der Waals surface area (Å²) in [6.45, 7) is 0.939. The van der Waals surface area contributed by atoms with E-state index in [2.05, 4.69) is 19.7 Å². The van der Waals surface area contributed by atoms with Crippen LogP contribution in [-0.4, -0.2) is 33.1 Å². The molecule has 2 N–H and O–H groups in total. The van der Waals surface area contributed by atoms with E-state index in [0.29, 0.717) is 0 Å². The van der Waals surface area contributed by atoms with E-state index in [1.54, 1.807) is 12.1 Å². The van der Waals surface area contributed by atoms with Gasteiger partial charge in [-0.25, -0.2) is 15.0 Å². The summed E-state index contributed by atoms with van der Waals surface area (Å²) in [7, 11) is 0. The lowest BCUT2D eigenvalue weighted by molar-refractivity contribution is -0.189. The molecule has 0 aromatic carbocycles. The highest BCUT2D eigenvalue weighted by molar-refractivity contribution is 5.90. The van der Waals surface area contributed by atoms with Gasteiger partial charge in [-0.1, -0.05) is 6.07 Å². The van der Waals surface area contributed by atoms with E-state index in [1.165, 1.54) is 30.9 Å². The molecular weight excluding hydrogens is 301 g/mol. The zero-order chi connectivity index (χ0) is 16.6. The second kappa shape index (κ2) is 7.91. The Hall–Kier alpha value is -2.71. The Balaban J connectivity index is 0.000000235. The van der Waals surface area contributed by atoms with Gasteiger partial charge in [0.1, 0.15) is 12.0 Å². The topological polar surface area (TPSA) is 91.0 Å². The summed E-state index contributed by atoms with van der Waals surface area (Å²) in [6, 6.07) is 6.00. The standard InChI is InChI=1S/C8H8F3NO.C5H5N3O/c1-6(8(9,10)11)13-7-4-2-3-5-12-7;6-5(9)4-1-2-7-3-8-4/h2-6H,1H3;1-3H,(H2,6,9). The summed E-state index contributed by atoms with van der Waals surface area (Å²) in [5.41, 5.74) is 5.13. The van der Waals surface area contributed by atoms with Crippen molar-refractivity contribution >= 4 is 5.91 Å². The van der Waals surface area contributed by atoms with E-state index in [-0.39, 0.29) is 11.6 Å². The molecule has 1 amide bonds. The molecule has 1 atom stereocenters. The minimum absolute atomic E-state index is 0.0210. The number of carbonyl (C=O) groups is 1. The Bertz CT molecular complexity index is 579. The first-order valence-corrected chi connectivity index (χ1v) is 6.01. The number of primary amides is 1. The van der Waals surface area contributed by atoms with Gasteiger partial charge in [0.25, 0.3) is 5.91 Å². The van der Waals surface area contributed by atoms with E-state index in [9.17, 15) is 18.0 Å². The molecule has 2 heterocycles. The SMILES string of the molecule is CC(Oc1ccccn1)C(F)(F)F.NC(=O)c1ccncn1. The van der Waals surface area contributed by atoms with Gasteiger partial charge in [-0.05, 0) is 19.1 Å². The smallest absolute Gasteiger partial charge is 0.425 e. The number of ether oxygens (including phenoxy) is 1. The number of amides is 1. The number of pyridine rings is 1. The largest absolute Gasteiger partial charge is 0.465 e. The van der Waals surface area contributed by atoms with Crippen LogP contribution in [0.15, 0.2) is 43.0 Å². The summed E-state index contributed by atoms with van der Waals surface area (Å²) < 4.78 is 40.5.